The highest BCUT2D eigenvalue weighted by molar-refractivity contribution is 7.99. The van der Waals surface area contributed by atoms with Crippen molar-refractivity contribution in [1.29, 1.82) is 0 Å². The summed E-state index contributed by atoms with van der Waals surface area (Å²) < 4.78 is 49.6. The molecule has 1 atom stereocenters. The van der Waals surface area contributed by atoms with Crippen molar-refractivity contribution in [1.82, 2.24) is 4.90 Å². The summed E-state index contributed by atoms with van der Waals surface area (Å²) in [5.74, 6) is 1.27. The van der Waals surface area contributed by atoms with Crippen LogP contribution in [0.5, 0.6) is 5.75 Å². The molecule has 11 heteroatoms. The average Bonchev–Trinajstić information content (AvgIpc) is 2.90. The minimum Gasteiger partial charge on any atom is -0.492 e. The third-order valence-corrected chi connectivity index (χ3v) is 6.81. The Balaban J connectivity index is 1.94. The van der Waals surface area contributed by atoms with E-state index in [1.165, 1.54) is 12.1 Å². The standard InChI is InChI=1S/C28H37F3N2O5S/c1-3-5-6-18-39-19-16-33(27(36)32-23-11-9-22(10-12-23)28(29,30)31)15-17-38-24-13-7-21(8-14-24)20-25(26(34)35)37-4-2/h7-14,25H,3-6,15-20H2,1-2H3,(H,32,36)(H,34,35). The summed E-state index contributed by atoms with van der Waals surface area (Å²) in [6.45, 7) is 5.12. The van der Waals surface area contributed by atoms with Crippen LogP contribution in [0.15, 0.2) is 48.5 Å². The first-order valence-electron chi connectivity index (χ1n) is 13.0. The van der Waals surface area contributed by atoms with E-state index < -0.39 is 29.8 Å². The number of amides is 2. The molecule has 0 bridgehead atoms. The van der Waals surface area contributed by atoms with E-state index in [9.17, 15) is 27.9 Å². The number of alkyl halides is 3. The number of hydrogen-bond acceptors (Lipinski definition) is 5. The number of benzene rings is 2. The van der Waals surface area contributed by atoms with Crippen LogP contribution in [-0.4, -0.2) is 65.9 Å². The van der Waals surface area contributed by atoms with E-state index >= 15 is 0 Å². The van der Waals surface area contributed by atoms with E-state index in [1.54, 1.807) is 47.9 Å². The lowest BCUT2D eigenvalue weighted by molar-refractivity contribution is -0.150. The Labute approximate surface area is 232 Å². The molecule has 0 saturated carbocycles. The molecule has 2 N–H and O–H groups in total. The number of ether oxygens (including phenoxy) is 2. The van der Waals surface area contributed by atoms with Crippen LogP contribution in [0, 0.1) is 0 Å². The lowest BCUT2D eigenvalue weighted by Crippen LogP contribution is -2.39. The third-order valence-electron chi connectivity index (χ3n) is 5.77. The van der Waals surface area contributed by atoms with Crippen molar-refractivity contribution < 1.29 is 37.3 Å². The minimum atomic E-state index is -4.44. The molecule has 2 aromatic rings. The zero-order valence-electron chi connectivity index (χ0n) is 22.3. The highest BCUT2D eigenvalue weighted by atomic mass is 32.2. The molecule has 0 aliphatic carbocycles. The van der Waals surface area contributed by atoms with Crippen LogP contribution < -0.4 is 10.1 Å². The Kier molecular flexibility index (Phi) is 14.0. The Bertz CT molecular complexity index is 1000. The van der Waals surface area contributed by atoms with Crippen molar-refractivity contribution in [2.45, 2.75) is 51.8 Å². The molecular weight excluding hydrogens is 533 g/mol. The van der Waals surface area contributed by atoms with E-state index in [2.05, 4.69) is 12.2 Å². The maximum absolute atomic E-state index is 12.9. The topological polar surface area (TPSA) is 88.1 Å². The molecule has 0 aliphatic heterocycles. The van der Waals surface area contributed by atoms with Crippen LogP contribution in [-0.2, 0) is 22.1 Å². The van der Waals surface area contributed by atoms with Crippen LogP contribution in [0.3, 0.4) is 0 Å². The molecular formula is C28H37F3N2O5S. The molecule has 7 nitrogen and oxygen atoms in total. The van der Waals surface area contributed by atoms with Crippen LogP contribution in [0.2, 0.25) is 0 Å². The minimum absolute atomic E-state index is 0.205. The van der Waals surface area contributed by atoms with Gasteiger partial charge in [0.2, 0.25) is 0 Å². The van der Waals surface area contributed by atoms with Crippen LogP contribution in [0.25, 0.3) is 0 Å². The number of rotatable bonds is 17. The van der Waals surface area contributed by atoms with Crippen molar-refractivity contribution in [3.63, 3.8) is 0 Å². The molecule has 39 heavy (non-hydrogen) atoms. The number of carbonyl (C=O) groups excluding carboxylic acids is 1. The Morgan fingerprint density at radius 2 is 1.69 bits per heavy atom. The lowest BCUT2D eigenvalue weighted by atomic mass is 10.1. The number of unbranched alkanes of at least 4 members (excludes halogenated alkanes) is 2. The molecule has 0 aromatic heterocycles. The first-order valence-corrected chi connectivity index (χ1v) is 14.2. The predicted octanol–water partition coefficient (Wildman–Crippen LogP) is 6.57. The number of urea groups is 1. The summed E-state index contributed by atoms with van der Waals surface area (Å²) in [6, 6.07) is 10.9. The molecule has 0 spiro atoms. The van der Waals surface area contributed by atoms with E-state index in [4.69, 9.17) is 9.47 Å². The number of hydrogen-bond donors (Lipinski definition) is 2. The zero-order chi connectivity index (χ0) is 28.7. The molecule has 0 heterocycles. The number of thioether (sulfide) groups is 1. The smallest absolute Gasteiger partial charge is 0.416 e. The number of halogens is 3. The lowest BCUT2D eigenvalue weighted by Gasteiger charge is -2.23. The molecule has 2 aromatic carbocycles. The number of aliphatic carboxylic acids is 1. The number of carboxylic acids is 1. The number of anilines is 1. The van der Waals surface area contributed by atoms with Gasteiger partial charge >= 0.3 is 18.2 Å². The summed E-state index contributed by atoms with van der Waals surface area (Å²) in [5.41, 5.74) is 0.286. The number of nitrogens with zero attached hydrogens (tertiary/aromatic N) is 1. The fraction of sp³-hybridized carbons (Fsp3) is 0.500. The first-order chi connectivity index (χ1) is 18.6. The van der Waals surface area contributed by atoms with E-state index in [0.717, 1.165) is 48.5 Å². The molecule has 216 valence electrons. The monoisotopic (exact) mass is 570 g/mol. The second kappa shape index (κ2) is 16.9. The van der Waals surface area contributed by atoms with Crippen molar-refractivity contribution in [2.75, 3.05) is 43.1 Å². The van der Waals surface area contributed by atoms with Crippen molar-refractivity contribution in [3.05, 3.63) is 59.7 Å². The van der Waals surface area contributed by atoms with E-state index in [-0.39, 0.29) is 25.3 Å². The van der Waals surface area contributed by atoms with Gasteiger partial charge in [-0.15, -0.1) is 0 Å². The van der Waals surface area contributed by atoms with E-state index in [0.29, 0.717) is 18.9 Å². The van der Waals surface area contributed by atoms with Gasteiger partial charge < -0.3 is 24.8 Å². The van der Waals surface area contributed by atoms with Gasteiger partial charge in [0.15, 0.2) is 6.10 Å². The number of carboxylic acid groups (broad SMARTS) is 1. The Morgan fingerprint density at radius 3 is 2.28 bits per heavy atom. The summed E-state index contributed by atoms with van der Waals surface area (Å²) in [4.78, 5) is 25.8. The Hall–Kier alpha value is -2.92. The normalized spacial score (nSPS) is 12.1. The third kappa shape index (κ3) is 12.2. The number of carbonyl (C=O) groups is 2. The van der Waals surface area contributed by atoms with Crippen LogP contribution in [0.4, 0.5) is 23.7 Å². The Morgan fingerprint density at radius 1 is 1.00 bits per heavy atom. The van der Waals surface area contributed by atoms with Crippen molar-refractivity contribution in [2.24, 2.45) is 0 Å². The van der Waals surface area contributed by atoms with Crippen LogP contribution >= 0.6 is 11.8 Å². The quantitative estimate of drug-likeness (QED) is 0.209. The molecule has 0 saturated heterocycles. The van der Waals surface area contributed by atoms with Gasteiger partial charge in [0.25, 0.3) is 0 Å². The molecule has 0 fully saturated rings. The van der Waals surface area contributed by atoms with Gasteiger partial charge in [-0.2, -0.15) is 24.9 Å². The SMILES string of the molecule is CCCCCSCCN(CCOc1ccc(CC(OCC)C(=O)O)cc1)C(=O)Nc1ccc(C(F)(F)F)cc1. The molecule has 1 unspecified atom stereocenters. The second-order valence-electron chi connectivity index (χ2n) is 8.79. The average molecular weight is 571 g/mol. The second-order valence-corrected chi connectivity index (χ2v) is 10.0. The summed E-state index contributed by atoms with van der Waals surface area (Å²) in [5, 5.41) is 11.9. The van der Waals surface area contributed by atoms with Crippen molar-refractivity contribution >= 4 is 29.4 Å². The fourth-order valence-corrected chi connectivity index (χ4v) is 4.58. The maximum Gasteiger partial charge on any atom is 0.416 e. The number of nitrogens with one attached hydrogen (secondary N) is 1. The highest BCUT2D eigenvalue weighted by Gasteiger charge is 2.30. The van der Waals surface area contributed by atoms with Gasteiger partial charge in [0.1, 0.15) is 12.4 Å². The van der Waals surface area contributed by atoms with Crippen LogP contribution in [0.1, 0.15) is 44.2 Å². The summed E-state index contributed by atoms with van der Waals surface area (Å²) >= 11 is 1.75. The summed E-state index contributed by atoms with van der Waals surface area (Å²) in [7, 11) is 0. The predicted molar refractivity (Wildman–Crippen MR) is 148 cm³/mol. The van der Waals surface area contributed by atoms with Gasteiger partial charge in [-0.25, -0.2) is 9.59 Å². The van der Waals surface area contributed by atoms with Gasteiger partial charge in [-0.3, -0.25) is 0 Å². The molecule has 2 amide bonds. The van der Waals surface area contributed by atoms with Gasteiger partial charge in [-0.05, 0) is 61.1 Å². The maximum atomic E-state index is 12.9. The first kappa shape index (κ1) is 32.3. The van der Waals surface area contributed by atoms with E-state index in [1.807, 2.05) is 0 Å². The largest absolute Gasteiger partial charge is 0.492 e. The van der Waals surface area contributed by atoms with Crippen molar-refractivity contribution in [3.8, 4) is 5.75 Å². The highest BCUT2D eigenvalue weighted by Crippen LogP contribution is 2.29. The zero-order valence-corrected chi connectivity index (χ0v) is 23.2. The molecule has 0 aliphatic rings. The molecule has 2 rings (SSSR count). The summed E-state index contributed by atoms with van der Waals surface area (Å²) in [6.07, 6.45) is -1.74. The molecule has 0 radical (unpaired) electrons. The van der Waals surface area contributed by atoms with Gasteiger partial charge in [0, 0.05) is 31.0 Å². The fourth-order valence-electron chi connectivity index (χ4n) is 3.62. The van der Waals surface area contributed by atoms with Gasteiger partial charge in [-0.1, -0.05) is 31.9 Å². The van der Waals surface area contributed by atoms with Gasteiger partial charge in [0.05, 0.1) is 12.1 Å².